The first kappa shape index (κ1) is 25.9. The van der Waals surface area contributed by atoms with Crippen LogP contribution in [0.25, 0.3) is 11.3 Å². The van der Waals surface area contributed by atoms with Gasteiger partial charge >= 0.3 is 5.97 Å². The second-order valence-electron chi connectivity index (χ2n) is 8.87. The lowest BCUT2D eigenvalue weighted by Crippen LogP contribution is -2.29. The Kier molecular flexibility index (Phi) is 7.29. The summed E-state index contributed by atoms with van der Waals surface area (Å²) in [7, 11) is 1.55. The molecule has 2 aromatic heterocycles. The van der Waals surface area contributed by atoms with Crippen molar-refractivity contribution < 1.29 is 23.8 Å². The van der Waals surface area contributed by atoms with Gasteiger partial charge in [0.2, 0.25) is 5.91 Å². The number of pyridine rings is 1. The van der Waals surface area contributed by atoms with Crippen LogP contribution in [0, 0.1) is 0 Å². The molecule has 0 unspecified atom stereocenters. The summed E-state index contributed by atoms with van der Waals surface area (Å²) in [5, 5.41) is 15.9. The molecule has 3 heterocycles. The predicted octanol–water partition coefficient (Wildman–Crippen LogP) is 5.57. The Balaban J connectivity index is 1.55. The number of furan rings is 1. The van der Waals surface area contributed by atoms with Gasteiger partial charge in [-0.2, -0.15) is 0 Å². The van der Waals surface area contributed by atoms with E-state index in [0.29, 0.717) is 34.5 Å². The minimum absolute atomic E-state index is 0.119. The van der Waals surface area contributed by atoms with E-state index in [2.05, 4.69) is 15.6 Å². The van der Waals surface area contributed by atoms with Crippen LogP contribution in [-0.2, 0) is 4.79 Å². The van der Waals surface area contributed by atoms with Crippen LogP contribution in [0.15, 0.2) is 83.4 Å². The van der Waals surface area contributed by atoms with E-state index >= 15 is 0 Å². The first-order valence-electron chi connectivity index (χ1n) is 12.3. The van der Waals surface area contributed by atoms with E-state index < -0.39 is 12.0 Å². The summed E-state index contributed by atoms with van der Waals surface area (Å²) in [5.41, 5.74) is 3.04. The van der Waals surface area contributed by atoms with E-state index in [9.17, 15) is 14.7 Å². The Hall–Kier alpha value is -4.70. The molecule has 4 aromatic rings. The number of carbonyl (C=O) groups is 2. The lowest BCUT2D eigenvalue weighted by atomic mass is 10.0. The van der Waals surface area contributed by atoms with Gasteiger partial charge in [0.1, 0.15) is 23.3 Å². The van der Waals surface area contributed by atoms with E-state index in [1.165, 1.54) is 0 Å². The number of aromatic carboxylic acids is 1. The topological polar surface area (TPSA) is 117 Å². The van der Waals surface area contributed by atoms with Gasteiger partial charge in [-0.25, -0.2) is 4.79 Å². The highest BCUT2D eigenvalue weighted by atomic mass is 32.1. The molecule has 0 bridgehead atoms. The number of amides is 1. The van der Waals surface area contributed by atoms with Gasteiger partial charge in [0.25, 0.3) is 0 Å². The molecular formula is C29H26N4O5S. The number of nitrogens with one attached hydrogen (secondary N) is 2. The third kappa shape index (κ3) is 5.19. The molecule has 1 saturated heterocycles. The van der Waals surface area contributed by atoms with Crippen LogP contribution in [0.1, 0.15) is 47.2 Å². The summed E-state index contributed by atoms with van der Waals surface area (Å²) in [5.74, 6) is 0.618. The molecule has 2 atom stereocenters. The molecule has 1 aliphatic heterocycles. The van der Waals surface area contributed by atoms with Gasteiger partial charge in [-0.05, 0) is 60.7 Å². The van der Waals surface area contributed by atoms with Gasteiger partial charge in [0.05, 0.1) is 30.1 Å². The zero-order chi connectivity index (χ0) is 27.5. The molecule has 9 nitrogen and oxygen atoms in total. The fraction of sp³-hybridized carbons (Fsp3) is 0.172. The van der Waals surface area contributed by atoms with Gasteiger partial charge in [-0.15, -0.1) is 0 Å². The average molecular weight is 543 g/mol. The summed E-state index contributed by atoms with van der Waals surface area (Å²) in [6.45, 7) is 1.78. The highest BCUT2D eigenvalue weighted by Crippen LogP contribution is 2.44. The lowest BCUT2D eigenvalue weighted by Gasteiger charge is -2.27. The number of thiocarbonyl (C=S) groups is 1. The number of carbonyl (C=O) groups excluding carboxylic acids is 1. The van der Waals surface area contributed by atoms with Crippen molar-refractivity contribution in [2.24, 2.45) is 0 Å². The van der Waals surface area contributed by atoms with Crippen molar-refractivity contribution in [2.75, 3.05) is 17.3 Å². The highest BCUT2D eigenvalue weighted by Gasteiger charge is 2.42. The predicted molar refractivity (Wildman–Crippen MR) is 151 cm³/mol. The van der Waals surface area contributed by atoms with Crippen LogP contribution in [0.2, 0.25) is 0 Å². The first-order chi connectivity index (χ1) is 18.9. The van der Waals surface area contributed by atoms with Crippen LogP contribution < -0.4 is 20.3 Å². The lowest BCUT2D eigenvalue weighted by molar-refractivity contribution is -0.115. The number of hydrogen-bond acceptors (Lipinski definition) is 6. The number of hydrogen-bond donors (Lipinski definition) is 3. The fourth-order valence-corrected chi connectivity index (χ4v) is 4.88. The van der Waals surface area contributed by atoms with Crippen molar-refractivity contribution in [1.82, 2.24) is 10.3 Å². The van der Waals surface area contributed by atoms with Crippen LogP contribution >= 0.6 is 12.2 Å². The quantitative estimate of drug-likeness (QED) is 0.246. The SMILES string of the molecule is CCC(=O)Nc1ccc(N2C(=S)N[C@H](c3ccccn3)[C@@H]2c2ccc(-c3ccc(C(=O)O)cc3)o2)cc1OC. The third-order valence-corrected chi connectivity index (χ3v) is 6.81. The zero-order valence-corrected chi connectivity index (χ0v) is 22.1. The second kappa shape index (κ2) is 11.0. The van der Waals surface area contributed by atoms with Gasteiger partial charge in [-0.1, -0.05) is 25.1 Å². The summed E-state index contributed by atoms with van der Waals surface area (Å²) in [6, 6.07) is 20.7. The standard InChI is InChI=1S/C29H26N4O5S/c1-3-25(34)31-20-12-11-19(16-24(20)37-2)33-27(26(32-29(33)39)21-6-4-5-15-30-21)23-14-13-22(38-23)17-7-9-18(10-8-17)28(35)36/h4-16,26-27H,3H2,1-2H3,(H,31,34)(H,32,39)(H,35,36)/t26-,27+/m1/s1. The molecule has 1 amide bonds. The van der Waals surface area contributed by atoms with Crippen molar-refractivity contribution in [3.63, 3.8) is 0 Å². The molecule has 0 aliphatic carbocycles. The fourth-order valence-electron chi connectivity index (χ4n) is 4.54. The molecule has 10 heteroatoms. The Morgan fingerprint density at radius 2 is 1.92 bits per heavy atom. The molecule has 2 aromatic carbocycles. The number of rotatable bonds is 8. The van der Waals surface area contributed by atoms with Crippen LogP contribution in [-0.4, -0.2) is 34.2 Å². The Labute approximate surface area is 230 Å². The monoisotopic (exact) mass is 542 g/mol. The summed E-state index contributed by atoms with van der Waals surface area (Å²) >= 11 is 5.80. The number of benzene rings is 2. The number of carboxylic acid groups (broad SMARTS) is 1. The summed E-state index contributed by atoms with van der Waals surface area (Å²) in [6.07, 6.45) is 2.07. The molecule has 198 valence electrons. The number of nitrogens with zero attached hydrogens (tertiary/aromatic N) is 2. The Morgan fingerprint density at radius 1 is 1.13 bits per heavy atom. The number of anilines is 2. The normalized spacial score (nSPS) is 16.6. The summed E-state index contributed by atoms with van der Waals surface area (Å²) in [4.78, 5) is 29.7. The van der Waals surface area contributed by atoms with Crippen LogP contribution in [0.3, 0.4) is 0 Å². The molecular weight excluding hydrogens is 516 g/mol. The van der Waals surface area contributed by atoms with E-state index in [1.807, 2.05) is 47.4 Å². The minimum Gasteiger partial charge on any atom is -0.494 e. The molecule has 0 saturated carbocycles. The molecule has 0 spiro atoms. The van der Waals surface area contributed by atoms with Crippen molar-refractivity contribution in [3.05, 3.63) is 96.0 Å². The second-order valence-corrected chi connectivity index (χ2v) is 9.25. The largest absolute Gasteiger partial charge is 0.494 e. The van der Waals surface area contributed by atoms with Gasteiger partial charge < -0.3 is 29.8 Å². The Morgan fingerprint density at radius 3 is 2.59 bits per heavy atom. The van der Waals surface area contributed by atoms with E-state index in [-0.39, 0.29) is 17.5 Å². The van der Waals surface area contributed by atoms with Gasteiger partial charge in [-0.3, -0.25) is 9.78 Å². The van der Waals surface area contributed by atoms with E-state index in [0.717, 1.165) is 16.9 Å². The van der Waals surface area contributed by atoms with Gasteiger partial charge in [0.15, 0.2) is 5.11 Å². The Bertz CT molecular complexity index is 1520. The highest BCUT2D eigenvalue weighted by molar-refractivity contribution is 7.80. The minimum atomic E-state index is -0.989. The first-order valence-corrected chi connectivity index (χ1v) is 12.7. The maximum Gasteiger partial charge on any atom is 0.335 e. The molecule has 5 rings (SSSR count). The smallest absolute Gasteiger partial charge is 0.335 e. The van der Waals surface area contributed by atoms with Crippen molar-refractivity contribution >= 4 is 40.6 Å². The number of ether oxygens (including phenoxy) is 1. The molecule has 3 N–H and O–H groups in total. The van der Waals surface area contributed by atoms with Crippen LogP contribution in [0.5, 0.6) is 5.75 Å². The molecule has 1 fully saturated rings. The maximum absolute atomic E-state index is 12.0. The third-order valence-electron chi connectivity index (χ3n) is 6.49. The average Bonchev–Trinajstić information content (AvgIpc) is 3.58. The number of carboxylic acids is 1. The summed E-state index contributed by atoms with van der Waals surface area (Å²) < 4.78 is 11.9. The molecule has 39 heavy (non-hydrogen) atoms. The number of methoxy groups -OCH3 is 1. The number of aromatic nitrogens is 1. The van der Waals surface area contributed by atoms with Crippen LogP contribution in [0.4, 0.5) is 11.4 Å². The maximum atomic E-state index is 12.0. The van der Waals surface area contributed by atoms with Gasteiger partial charge in [0, 0.05) is 29.9 Å². The zero-order valence-electron chi connectivity index (χ0n) is 21.3. The van der Waals surface area contributed by atoms with E-state index in [1.54, 1.807) is 50.6 Å². The molecule has 1 aliphatic rings. The molecule has 0 radical (unpaired) electrons. The van der Waals surface area contributed by atoms with E-state index in [4.69, 9.17) is 21.4 Å². The van der Waals surface area contributed by atoms with Crippen molar-refractivity contribution in [1.29, 1.82) is 0 Å². The van der Waals surface area contributed by atoms with Crippen molar-refractivity contribution in [3.8, 4) is 17.1 Å². The van der Waals surface area contributed by atoms with Crippen molar-refractivity contribution in [2.45, 2.75) is 25.4 Å².